The normalized spacial score (nSPS) is 11.3. The molecule has 5 nitrogen and oxygen atoms in total. The summed E-state index contributed by atoms with van der Waals surface area (Å²) in [6.07, 6.45) is 1.48. The molecule has 0 amide bonds. The molecular weight excluding hydrogens is 281 g/mol. The van der Waals surface area contributed by atoms with Crippen molar-refractivity contribution in [2.45, 2.75) is 18.4 Å². The lowest BCUT2D eigenvalue weighted by Gasteiger charge is -2.10. The van der Waals surface area contributed by atoms with Crippen LogP contribution in [0.15, 0.2) is 41.4 Å². The third kappa shape index (κ3) is 3.12. The number of nitrogens with one attached hydrogen (secondary N) is 1. The fraction of sp³-hybridized carbons (Fsp3) is 0.154. The van der Waals surface area contributed by atoms with Crippen molar-refractivity contribution in [1.29, 1.82) is 0 Å². The van der Waals surface area contributed by atoms with Gasteiger partial charge in [0.1, 0.15) is 11.6 Å². The third-order valence-corrected chi connectivity index (χ3v) is 4.24. The molecule has 3 N–H and O–H groups in total. The molecule has 20 heavy (non-hydrogen) atoms. The van der Waals surface area contributed by atoms with Gasteiger partial charge >= 0.3 is 0 Å². The number of hydrogen-bond donors (Lipinski definition) is 2. The lowest BCUT2D eigenvalue weighted by molar-refractivity contribution is 0.594. The number of anilines is 1. The highest BCUT2D eigenvalue weighted by molar-refractivity contribution is 7.92. The van der Waals surface area contributed by atoms with Gasteiger partial charge < -0.3 is 5.73 Å². The van der Waals surface area contributed by atoms with Crippen LogP contribution in [0.2, 0.25) is 0 Å². The molecule has 0 spiro atoms. The van der Waals surface area contributed by atoms with Gasteiger partial charge in [0.15, 0.2) is 0 Å². The van der Waals surface area contributed by atoms with E-state index in [1.807, 2.05) is 0 Å². The van der Waals surface area contributed by atoms with Crippen molar-refractivity contribution >= 4 is 15.8 Å². The molecule has 1 heterocycles. The molecule has 0 fully saturated rings. The van der Waals surface area contributed by atoms with Crippen LogP contribution in [0.4, 0.5) is 10.2 Å². The molecule has 2 aromatic rings. The van der Waals surface area contributed by atoms with Crippen molar-refractivity contribution in [3.63, 3.8) is 0 Å². The van der Waals surface area contributed by atoms with Crippen molar-refractivity contribution < 1.29 is 12.8 Å². The van der Waals surface area contributed by atoms with Gasteiger partial charge in [0.2, 0.25) is 0 Å². The fourth-order valence-corrected chi connectivity index (χ4v) is 2.93. The second kappa shape index (κ2) is 5.56. The molecule has 7 heteroatoms. The largest absolute Gasteiger partial charge is 0.326 e. The number of benzene rings is 1. The summed E-state index contributed by atoms with van der Waals surface area (Å²) in [6.45, 7) is 1.92. The van der Waals surface area contributed by atoms with Gasteiger partial charge in [-0.2, -0.15) is 0 Å². The number of nitrogens with two attached hydrogens (primary N) is 1. The minimum absolute atomic E-state index is 0.109. The second-order valence-electron chi connectivity index (χ2n) is 4.27. The molecular formula is C13H14FN3O2S. The molecule has 1 aromatic heterocycles. The quantitative estimate of drug-likeness (QED) is 0.900. The molecule has 0 saturated carbocycles. The van der Waals surface area contributed by atoms with E-state index in [0.29, 0.717) is 12.1 Å². The highest BCUT2D eigenvalue weighted by Gasteiger charge is 2.18. The molecule has 0 bridgehead atoms. The van der Waals surface area contributed by atoms with E-state index in [0.717, 1.165) is 11.6 Å². The van der Waals surface area contributed by atoms with E-state index in [-0.39, 0.29) is 10.7 Å². The summed E-state index contributed by atoms with van der Waals surface area (Å²) in [6, 6.07) is 6.78. The van der Waals surface area contributed by atoms with Crippen LogP contribution in [0.25, 0.3) is 0 Å². The van der Waals surface area contributed by atoms with Crippen LogP contribution in [0.3, 0.4) is 0 Å². The van der Waals surface area contributed by atoms with Gasteiger partial charge in [0.25, 0.3) is 10.0 Å². The first-order valence-electron chi connectivity index (χ1n) is 5.86. The Morgan fingerprint density at radius 2 is 2.05 bits per heavy atom. The van der Waals surface area contributed by atoms with E-state index >= 15 is 0 Å². The van der Waals surface area contributed by atoms with Gasteiger partial charge in [-0.3, -0.25) is 4.72 Å². The number of aromatic nitrogens is 1. The Bertz CT molecular complexity index is 715. The summed E-state index contributed by atoms with van der Waals surface area (Å²) in [7, 11) is -3.87. The average molecular weight is 295 g/mol. The van der Waals surface area contributed by atoms with E-state index in [9.17, 15) is 12.8 Å². The molecule has 0 aliphatic heterocycles. The molecule has 0 aliphatic carbocycles. The number of pyridine rings is 1. The SMILES string of the molecule is Cc1ccc(F)cc1S(=O)(=O)Nc1ccc(CN)cn1. The molecule has 0 saturated heterocycles. The molecule has 0 aliphatic rings. The summed E-state index contributed by atoms with van der Waals surface area (Å²) in [4.78, 5) is 3.84. The topological polar surface area (TPSA) is 85.1 Å². The first-order valence-corrected chi connectivity index (χ1v) is 7.34. The molecule has 0 atom stereocenters. The molecule has 1 aromatic carbocycles. The molecule has 0 unspecified atom stereocenters. The minimum atomic E-state index is -3.87. The van der Waals surface area contributed by atoms with Crippen molar-refractivity contribution in [3.05, 3.63) is 53.5 Å². The zero-order valence-electron chi connectivity index (χ0n) is 10.8. The molecule has 106 valence electrons. The fourth-order valence-electron chi connectivity index (χ4n) is 1.66. The Balaban J connectivity index is 2.32. The second-order valence-corrected chi connectivity index (χ2v) is 5.92. The molecule has 0 radical (unpaired) electrons. The Hall–Kier alpha value is -1.99. The number of sulfonamides is 1. The summed E-state index contributed by atoms with van der Waals surface area (Å²) in [5, 5.41) is 0. The number of hydrogen-bond acceptors (Lipinski definition) is 4. The zero-order chi connectivity index (χ0) is 14.8. The Morgan fingerprint density at radius 3 is 2.65 bits per heavy atom. The van der Waals surface area contributed by atoms with Crippen molar-refractivity contribution in [3.8, 4) is 0 Å². The summed E-state index contributed by atoms with van der Waals surface area (Å²) >= 11 is 0. The first kappa shape index (κ1) is 14.4. The van der Waals surface area contributed by atoms with E-state index in [4.69, 9.17) is 5.73 Å². The highest BCUT2D eigenvalue weighted by atomic mass is 32.2. The van der Waals surface area contributed by atoms with Gasteiger partial charge in [-0.1, -0.05) is 12.1 Å². The first-order chi connectivity index (χ1) is 9.42. The predicted molar refractivity (Wildman–Crippen MR) is 74.1 cm³/mol. The van der Waals surface area contributed by atoms with E-state index in [1.54, 1.807) is 13.0 Å². The van der Waals surface area contributed by atoms with Crippen molar-refractivity contribution in [2.24, 2.45) is 5.73 Å². The van der Waals surface area contributed by atoms with Crippen LogP contribution in [-0.2, 0) is 16.6 Å². The average Bonchev–Trinajstić information content (AvgIpc) is 2.42. The smallest absolute Gasteiger partial charge is 0.263 e. The van der Waals surface area contributed by atoms with Crippen LogP contribution in [-0.4, -0.2) is 13.4 Å². The van der Waals surface area contributed by atoms with Crippen molar-refractivity contribution in [1.82, 2.24) is 4.98 Å². The number of halogens is 1. The molecule has 2 rings (SSSR count). The van der Waals surface area contributed by atoms with E-state index in [2.05, 4.69) is 9.71 Å². The monoisotopic (exact) mass is 295 g/mol. The van der Waals surface area contributed by atoms with Crippen LogP contribution >= 0.6 is 0 Å². The maximum atomic E-state index is 13.2. The maximum Gasteiger partial charge on any atom is 0.263 e. The lowest BCUT2D eigenvalue weighted by atomic mass is 10.2. The number of rotatable bonds is 4. The van der Waals surface area contributed by atoms with Gasteiger partial charge in [-0.05, 0) is 36.2 Å². The predicted octanol–water partition coefficient (Wildman–Crippen LogP) is 1.79. The van der Waals surface area contributed by atoms with Gasteiger partial charge in [-0.25, -0.2) is 17.8 Å². The number of aryl methyl sites for hydroxylation is 1. The van der Waals surface area contributed by atoms with Crippen LogP contribution in [0.1, 0.15) is 11.1 Å². The Labute approximate surface area is 116 Å². The third-order valence-electron chi connectivity index (χ3n) is 2.74. The van der Waals surface area contributed by atoms with Gasteiger partial charge in [0, 0.05) is 12.7 Å². The standard InChI is InChI=1S/C13H14FN3O2S/c1-9-2-4-11(14)6-12(9)20(18,19)17-13-5-3-10(7-15)8-16-13/h2-6,8H,7,15H2,1H3,(H,16,17). The Kier molecular flexibility index (Phi) is 4.01. The summed E-state index contributed by atoms with van der Waals surface area (Å²) in [5.41, 5.74) is 6.68. The van der Waals surface area contributed by atoms with E-state index in [1.165, 1.54) is 24.4 Å². The van der Waals surface area contributed by atoms with Crippen LogP contribution in [0.5, 0.6) is 0 Å². The maximum absolute atomic E-state index is 13.2. The zero-order valence-corrected chi connectivity index (χ0v) is 11.6. The van der Waals surface area contributed by atoms with Gasteiger partial charge in [0.05, 0.1) is 4.90 Å². The van der Waals surface area contributed by atoms with Crippen LogP contribution < -0.4 is 10.5 Å². The van der Waals surface area contributed by atoms with Crippen molar-refractivity contribution in [2.75, 3.05) is 4.72 Å². The van der Waals surface area contributed by atoms with E-state index < -0.39 is 15.8 Å². The summed E-state index contributed by atoms with van der Waals surface area (Å²) in [5.74, 6) is -0.451. The van der Waals surface area contributed by atoms with Gasteiger partial charge in [-0.15, -0.1) is 0 Å². The van der Waals surface area contributed by atoms with Crippen LogP contribution in [0, 0.1) is 12.7 Å². The minimum Gasteiger partial charge on any atom is -0.326 e. The lowest BCUT2D eigenvalue weighted by Crippen LogP contribution is -2.15. The summed E-state index contributed by atoms with van der Waals surface area (Å²) < 4.78 is 39.9. The Morgan fingerprint density at radius 1 is 1.30 bits per heavy atom. The highest BCUT2D eigenvalue weighted by Crippen LogP contribution is 2.19. The number of nitrogens with zero attached hydrogens (tertiary/aromatic N) is 1.